The number of amides is 2. The number of nitrogens with zero attached hydrogens (tertiary/aromatic N) is 5. The monoisotopic (exact) mass is 515 g/mol. The Hall–Kier alpha value is -3.82. The van der Waals surface area contributed by atoms with Crippen LogP contribution in [0.15, 0.2) is 66.9 Å². The topological polar surface area (TPSA) is 112 Å². The standard InChI is InChI=1S/C29H33N5O4/c1-20(9-6-7-15-33-18-25(30-31-33)23(19-35)21-10-4-3-5-11-21)29(38)24-17-22(34-16-8-12-27(34)36)13-14-26(24)32(2)28(29)37/h3-6,9-11,13-14,17-18,20,23,35,38H,7-8,12,15-16,19H2,1-2H3/b9-6+/t20-,23?,29+/m0/s1. The summed E-state index contributed by atoms with van der Waals surface area (Å²) >= 11 is 0. The molecule has 0 bridgehead atoms. The van der Waals surface area contributed by atoms with Gasteiger partial charge in [-0.05, 0) is 36.6 Å². The summed E-state index contributed by atoms with van der Waals surface area (Å²) in [5.74, 6) is -1.05. The predicted octanol–water partition coefficient (Wildman–Crippen LogP) is 2.98. The van der Waals surface area contributed by atoms with Crippen molar-refractivity contribution in [1.82, 2.24) is 15.0 Å². The van der Waals surface area contributed by atoms with Crippen LogP contribution in [0.3, 0.4) is 0 Å². The van der Waals surface area contributed by atoms with E-state index >= 15 is 0 Å². The predicted molar refractivity (Wildman–Crippen MR) is 144 cm³/mol. The van der Waals surface area contributed by atoms with Gasteiger partial charge in [0, 0.05) is 49.9 Å². The van der Waals surface area contributed by atoms with Crippen molar-refractivity contribution in [3.05, 3.63) is 83.7 Å². The number of likely N-dealkylation sites (N-methyl/N-ethyl adjacent to an activating group) is 1. The molecule has 38 heavy (non-hydrogen) atoms. The molecule has 1 unspecified atom stereocenters. The molecule has 3 aromatic rings. The summed E-state index contributed by atoms with van der Waals surface area (Å²) in [5.41, 5.74) is 1.85. The van der Waals surface area contributed by atoms with Crippen LogP contribution >= 0.6 is 0 Å². The van der Waals surface area contributed by atoms with E-state index in [9.17, 15) is 19.8 Å². The van der Waals surface area contributed by atoms with Crippen LogP contribution in [0.5, 0.6) is 0 Å². The minimum absolute atomic E-state index is 0.0592. The Balaban J connectivity index is 1.28. The highest BCUT2D eigenvalue weighted by Gasteiger charge is 2.51. The molecule has 2 aliphatic heterocycles. The van der Waals surface area contributed by atoms with Gasteiger partial charge in [0.2, 0.25) is 5.91 Å². The minimum Gasteiger partial charge on any atom is -0.395 e. The van der Waals surface area contributed by atoms with Crippen molar-refractivity contribution in [3.8, 4) is 0 Å². The maximum atomic E-state index is 13.2. The zero-order valence-electron chi connectivity index (χ0n) is 21.7. The third-order valence-corrected chi connectivity index (χ3v) is 7.67. The number of aliphatic hydroxyl groups is 2. The number of aryl methyl sites for hydroxylation is 1. The van der Waals surface area contributed by atoms with Gasteiger partial charge in [-0.15, -0.1) is 5.10 Å². The highest BCUT2D eigenvalue weighted by molar-refractivity contribution is 6.07. The Bertz CT molecular complexity index is 1350. The van der Waals surface area contributed by atoms with E-state index in [0.29, 0.717) is 48.6 Å². The second kappa shape index (κ2) is 10.5. The smallest absolute Gasteiger partial charge is 0.264 e. The molecule has 0 aliphatic carbocycles. The number of fused-ring (bicyclic) bond motifs is 1. The highest BCUT2D eigenvalue weighted by Crippen LogP contribution is 2.46. The molecule has 2 aromatic carbocycles. The molecule has 9 heteroatoms. The van der Waals surface area contributed by atoms with Crippen molar-refractivity contribution >= 4 is 23.2 Å². The first kappa shape index (κ1) is 25.8. The summed E-state index contributed by atoms with van der Waals surface area (Å²) in [6.07, 6.45) is 7.57. The fourth-order valence-electron chi connectivity index (χ4n) is 5.41. The van der Waals surface area contributed by atoms with Gasteiger partial charge in [-0.2, -0.15) is 0 Å². The summed E-state index contributed by atoms with van der Waals surface area (Å²) in [4.78, 5) is 28.7. The minimum atomic E-state index is -1.72. The van der Waals surface area contributed by atoms with Gasteiger partial charge in [0.15, 0.2) is 5.60 Å². The van der Waals surface area contributed by atoms with Crippen molar-refractivity contribution in [1.29, 1.82) is 0 Å². The fourth-order valence-corrected chi connectivity index (χ4v) is 5.41. The van der Waals surface area contributed by atoms with Gasteiger partial charge in [0.05, 0.1) is 23.9 Å². The van der Waals surface area contributed by atoms with Crippen molar-refractivity contribution in [3.63, 3.8) is 0 Å². The largest absolute Gasteiger partial charge is 0.395 e. The first-order valence-corrected chi connectivity index (χ1v) is 13.0. The van der Waals surface area contributed by atoms with Crippen molar-refractivity contribution in [2.24, 2.45) is 5.92 Å². The Morgan fingerprint density at radius 3 is 2.66 bits per heavy atom. The van der Waals surface area contributed by atoms with Crippen molar-refractivity contribution in [2.75, 3.05) is 30.0 Å². The van der Waals surface area contributed by atoms with E-state index in [-0.39, 0.29) is 24.3 Å². The number of carbonyl (C=O) groups is 2. The summed E-state index contributed by atoms with van der Waals surface area (Å²) in [6.45, 7) is 2.97. The van der Waals surface area contributed by atoms with Gasteiger partial charge in [-0.3, -0.25) is 14.3 Å². The molecule has 2 amide bonds. The van der Waals surface area contributed by atoms with E-state index in [4.69, 9.17) is 0 Å². The van der Waals surface area contributed by atoms with Crippen molar-refractivity contribution < 1.29 is 19.8 Å². The number of anilines is 2. The molecule has 3 heterocycles. The molecule has 198 valence electrons. The first-order chi connectivity index (χ1) is 18.3. The van der Waals surface area contributed by atoms with Crippen LogP contribution in [0.25, 0.3) is 0 Å². The molecule has 3 atom stereocenters. The van der Waals surface area contributed by atoms with E-state index in [0.717, 1.165) is 12.0 Å². The summed E-state index contributed by atoms with van der Waals surface area (Å²) < 4.78 is 1.73. The fraction of sp³-hybridized carbons (Fsp3) is 0.379. The summed E-state index contributed by atoms with van der Waals surface area (Å²) in [5, 5.41) is 30.0. The molecular weight excluding hydrogens is 482 g/mol. The van der Waals surface area contributed by atoms with E-state index in [1.165, 1.54) is 4.90 Å². The van der Waals surface area contributed by atoms with Crippen LogP contribution < -0.4 is 9.80 Å². The van der Waals surface area contributed by atoms with E-state index in [2.05, 4.69) is 10.3 Å². The number of hydrogen-bond acceptors (Lipinski definition) is 6. The number of carbonyl (C=O) groups excluding carboxylic acids is 2. The quantitative estimate of drug-likeness (QED) is 0.424. The van der Waals surface area contributed by atoms with Crippen LogP contribution in [0.1, 0.15) is 48.9 Å². The van der Waals surface area contributed by atoms with Crippen LogP contribution in [0.4, 0.5) is 11.4 Å². The Kier molecular flexibility index (Phi) is 7.14. The molecule has 0 saturated carbocycles. The number of aliphatic hydroxyl groups excluding tert-OH is 1. The molecule has 2 aliphatic rings. The van der Waals surface area contributed by atoms with Crippen LogP contribution in [-0.4, -0.2) is 57.2 Å². The van der Waals surface area contributed by atoms with Gasteiger partial charge >= 0.3 is 0 Å². The molecule has 0 radical (unpaired) electrons. The second-order valence-corrected chi connectivity index (χ2v) is 10.0. The number of hydrogen-bond donors (Lipinski definition) is 2. The highest BCUT2D eigenvalue weighted by atomic mass is 16.3. The van der Waals surface area contributed by atoms with E-state index in [1.54, 1.807) is 28.8 Å². The maximum absolute atomic E-state index is 13.2. The lowest BCUT2D eigenvalue weighted by Gasteiger charge is -2.27. The maximum Gasteiger partial charge on any atom is 0.264 e. The van der Waals surface area contributed by atoms with Crippen LogP contribution in [0.2, 0.25) is 0 Å². The van der Waals surface area contributed by atoms with Crippen LogP contribution in [0, 0.1) is 5.92 Å². The zero-order chi connectivity index (χ0) is 26.9. The Morgan fingerprint density at radius 2 is 1.95 bits per heavy atom. The molecule has 1 aromatic heterocycles. The second-order valence-electron chi connectivity index (χ2n) is 10.0. The lowest BCUT2D eigenvalue weighted by atomic mass is 9.82. The number of allylic oxidation sites excluding steroid dienone is 1. The zero-order valence-corrected chi connectivity index (χ0v) is 21.7. The average Bonchev–Trinajstić information content (AvgIpc) is 3.63. The van der Waals surface area contributed by atoms with Crippen molar-refractivity contribution in [2.45, 2.75) is 44.2 Å². The lowest BCUT2D eigenvalue weighted by Crippen LogP contribution is -2.43. The van der Waals surface area contributed by atoms with E-state index < -0.39 is 11.5 Å². The average molecular weight is 516 g/mol. The number of aromatic nitrogens is 3. The van der Waals surface area contributed by atoms with Gasteiger partial charge in [0.1, 0.15) is 0 Å². The Labute approximate surface area is 222 Å². The van der Waals surface area contributed by atoms with Gasteiger partial charge in [0.25, 0.3) is 5.91 Å². The SMILES string of the molecule is C[C@@H](/C=C/CCn1cc(C(CO)c2ccccc2)nn1)[C@]1(O)C(=O)N(C)c2ccc(N3CCCC3=O)cc21. The van der Waals surface area contributed by atoms with Gasteiger partial charge < -0.3 is 20.0 Å². The lowest BCUT2D eigenvalue weighted by molar-refractivity contribution is -0.139. The summed E-state index contributed by atoms with van der Waals surface area (Å²) in [7, 11) is 1.66. The van der Waals surface area contributed by atoms with Crippen LogP contribution in [-0.2, 0) is 21.7 Å². The Morgan fingerprint density at radius 1 is 1.16 bits per heavy atom. The molecular formula is C29H33N5O4. The molecule has 1 saturated heterocycles. The first-order valence-electron chi connectivity index (χ1n) is 13.0. The normalized spacial score (nSPS) is 20.9. The third-order valence-electron chi connectivity index (χ3n) is 7.67. The summed E-state index contributed by atoms with van der Waals surface area (Å²) in [6, 6.07) is 15.1. The molecule has 9 nitrogen and oxygen atoms in total. The molecule has 5 rings (SSSR count). The molecule has 0 spiro atoms. The van der Waals surface area contributed by atoms with Gasteiger partial charge in [-0.1, -0.05) is 54.6 Å². The van der Waals surface area contributed by atoms with Gasteiger partial charge in [-0.25, -0.2) is 0 Å². The third kappa shape index (κ3) is 4.52. The number of benzene rings is 2. The van der Waals surface area contributed by atoms with E-state index in [1.807, 2.05) is 61.7 Å². The number of rotatable bonds is 9. The molecule has 2 N–H and O–H groups in total. The molecule has 1 fully saturated rings.